The lowest BCUT2D eigenvalue weighted by molar-refractivity contribution is 0.138. The number of hydrogen-bond donors (Lipinski definition) is 2. The number of hydrogen-bond acceptors (Lipinski definition) is 2. The van der Waals surface area contributed by atoms with Gasteiger partial charge in [0.15, 0.2) is 0 Å². The minimum absolute atomic E-state index is 0.314. The smallest absolute Gasteiger partial charge is 0.0445 e. The summed E-state index contributed by atoms with van der Waals surface area (Å²) >= 11 is 0. The molecule has 3 atom stereocenters. The maximum atomic E-state index is 9.04. The zero-order chi connectivity index (χ0) is 12.8. The Morgan fingerprint density at radius 1 is 1.00 bits per heavy atom. The molecular formula is C16H31NO. The molecule has 2 aliphatic rings. The van der Waals surface area contributed by atoms with Gasteiger partial charge in [0.2, 0.25) is 0 Å². The molecule has 106 valence electrons. The molecule has 3 unspecified atom stereocenters. The van der Waals surface area contributed by atoms with Crippen LogP contribution in [0, 0.1) is 11.8 Å². The lowest BCUT2D eigenvalue weighted by Gasteiger charge is -2.40. The van der Waals surface area contributed by atoms with E-state index in [1.54, 1.807) is 0 Å². The topological polar surface area (TPSA) is 32.3 Å². The highest BCUT2D eigenvalue weighted by Crippen LogP contribution is 2.38. The standard InChI is InChI=1S/C16H31NO/c1-13(11-12-18)17-16-10-6-5-9-15(16)14-7-3-2-4-8-14/h13-18H,2-12H2,1H3. The largest absolute Gasteiger partial charge is 0.396 e. The zero-order valence-corrected chi connectivity index (χ0v) is 12.0. The van der Waals surface area contributed by atoms with Gasteiger partial charge in [0.05, 0.1) is 0 Å². The fourth-order valence-electron chi connectivity index (χ4n) is 4.14. The van der Waals surface area contributed by atoms with E-state index in [2.05, 4.69) is 12.2 Å². The number of aliphatic hydroxyl groups is 1. The monoisotopic (exact) mass is 253 g/mol. The van der Waals surface area contributed by atoms with Crippen molar-refractivity contribution in [1.82, 2.24) is 5.32 Å². The van der Waals surface area contributed by atoms with Gasteiger partial charge in [-0.05, 0) is 38.0 Å². The second kappa shape index (κ2) is 7.49. The lowest BCUT2D eigenvalue weighted by atomic mass is 9.71. The summed E-state index contributed by atoms with van der Waals surface area (Å²) < 4.78 is 0. The molecule has 0 bridgehead atoms. The molecule has 0 radical (unpaired) electrons. The third kappa shape index (κ3) is 3.96. The third-order valence-corrected chi connectivity index (χ3v) is 5.14. The molecule has 2 aliphatic carbocycles. The van der Waals surface area contributed by atoms with Crippen LogP contribution >= 0.6 is 0 Å². The Labute approximate surface area is 113 Å². The molecule has 0 aromatic rings. The van der Waals surface area contributed by atoms with Gasteiger partial charge in [-0.15, -0.1) is 0 Å². The minimum atomic E-state index is 0.314. The van der Waals surface area contributed by atoms with Gasteiger partial charge in [0, 0.05) is 18.7 Å². The minimum Gasteiger partial charge on any atom is -0.396 e. The van der Waals surface area contributed by atoms with Crippen LogP contribution in [-0.2, 0) is 0 Å². The van der Waals surface area contributed by atoms with Crippen molar-refractivity contribution in [1.29, 1.82) is 0 Å². The van der Waals surface area contributed by atoms with E-state index in [0.717, 1.165) is 24.3 Å². The predicted molar refractivity (Wildman–Crippen MR) is 76.6 cm³/mol. The van der Waals surface area contributed by atoms with E-state index in [0.29, 0.717) is 12.6 Å². The quantitative estimate of drug-likeness (QED) is 0.786. The van der Waals surface area contributed by atoms with Gasteiger partial charge in [-0.2, -0.15) is 0 Å². The fraction of sp³-hybridized carbons (Fsp3) is 1.00. The molecule has 0 heterocycles. The Balaban J connectivity index is 1.88. The summed E-state index contributed by atoms with van der Waals surface area (Å²) in [6.45, 7) is 2.54. The van der Waals surface area contributed by atoms with E-state index in [4.69, 9.17) is 5.11 Å². The van der Waals surface area contributed by atoms with Gasteiger partial charge < -0.3 is 10.4 Å². The Hall–Kier alpha value is -0.0800. The van der Waals surface area contributed by atoms with E-state index in [9.17, 15) is 0 Å². The molecule has 0 aromatic heterocycles. The molecule has 0 amide bonds. The van der Waals surface area contributed by atoms with Gasteiger partial charge in [-0.1, -0.05) is 44.9 Å². The van der Waals surface area contributed by atoms with E-state index in [1.165, 1.54) is 57.8 Å². The maximum Gasteiger partial charge on any atom is 0.0445 e. The van der Waals surface area contributed by atoms with E-state index in [1.807, 2.05) is 0 Å². The molecule has 2 N–H and O–H groups in total. The van der Waals surface area contributed by atoms with Crippen molar-refractivity contribution in [3.05, 3.63) is 0 Å². The fourth-order valence-corrected chi connectivity index (χ4v) is 4.14. The van der Waals surface area contributed by atoms with Gasteiger partial charge in [-0.25, -0.2) is 0 Å². The van der Waals surface area contributed by atoms with E-state index >= 15 is 0 Å². The van der Waals surface area contributed by atoms with Crippen LogP contribution in [0.2, 0.25) is 0 Å². The highest BCUT2D eigenvalue weighted by atomic mass is 16.3. The van der Waals surface area contributed by atoms with Crippen molar-refractivity contribution in [2.45, 2.75) is 83.2 Å². The average molecular weight is 253 g/mol. The first-order chi connectivity index (χ1) is 8.81. The molecule has 18 heavy (non-hydrogen) atoms. The van der Waals surface area contributed by atoms with Crippen LogP contribution < -0.4 is 5.32 Å². The number of aliphatic hydroxyl groups excluding tert-OH is 1. The first kappa shape index (κ1) is 14.3. The Morgan fingerprint density at radius 3 is 2.39 bits per heavy atom. The summed E-state index contributed by atoms with van der Waals surface area (Å²) in [6, 6.07) is 1.20. The van der Waals surface area contributed by atoms with Gasteiger partial charge in [0.25, 0.3) is 0 Å². The van der Waals surface area contributed by atoms with Gasteiger partial charge in [-0.3, -0.25) is 0 Å². The van der Waals surface area contributed by atoms with Crippen LogP contribution in [0.1, 0.15) is 71.1 Å². The molecule has 2 saturated carbocycles. The molecule has 2 nitrogen and oxygen atoms in total. The van der Waals surface area contributed by atoms with Gasteiger partial charge in [0.1, 0.15) is 0 Å². The summed E-state index contributed by atoms with van der Waals surface area (Å²) in [6.07, 6.45) is 13.8. The highest BCUT2D eigenvalue weighted by molar-refractivity contribution is 4.88. The highest BCUT2D eigenvalue weighted by Gasteiger charge is 2.32. The van der Waals surface area contributed by atoms with Crippen LogP contribution in [0.5, 0.6) is 0 Å². The molecule has 0 aliphatic heterocycles. The van der Waals surface area contributed by atoms with Crippen LogP contribution in [0.4, 0.5) is 0 Å². The maximum absolute atomic E-state index is 9.04. The second-order valence-electron chi connectivity index (χ2n) is 6.53. The van der Waals surface area contributed by atoms with Gasteiger partial charge >= 0.3 is 0 Å². The first-order valence-corrected chi connectivity index (χ1v) is 8.18. The van der Waals surface area contributed by atoms with Crippen molar-refractivity contribution in [2.24, 2.45) is 11.8 Å². The summed E-state index contributed by atoms with van der Waals surface area (Å²) in [4.78, 5) is 0. The molecule has 2 heteroatoms. The zero-order valence-electron chi connectivity index (χ0n) is 12.0. The summed E-state index contributed by atoms with van der Waals surface area (Å²) in [5, 5.41) is 12.8. The van der Waals surface area contributed by atoms with Crippen LogP contribution in [-0.4, -0.2) is 23.8 Å². The van der Waals surface area contributed by atoms with E-state index in [-0.39, 0.29) is 0 Å². The molecular weight excluding hydrogens is 222 g/mol. The predicted octanol–water partition coefficient (Wildman–Crippen LogP) is 3.49. The van der Waals surface area contributed by atoms with Crippen molar-refractivity contribution >= 4 is 0 Å². The molecule has 2 rings (SSSR count). The second-order valence-corrected chi connectivity index (χ2v) is 6.53. The Bertz CT molecular complexity index is 225. The van der Waals surface area contributed by atoms with Crippen molar-refractivity contribution in [2.75, 3.05) is 6.61 Å². The number of rotatable bonds is 5. The van der Waals surface area contributed by atoms with Crippen molar-refractivity contribution in [3.63, 3.8) is 0 Å². The lowest BCUT2D eigenvalue weighted by Crippen LogP contribution is -2.46. The van der Waals surface area contributed by atoms with Crippen LogP contribution in [0.25, 0.3) is 0 Å². The SMILES string of the molecule is CC(CCO)NC1CCCCC1C1CCCCC1. The summed E-state index contributed by atoms with van der Waals surface area (Å²) in [5.41, 5.74) is 0. The number of nitrogens with one attached hydrogen (secondary N) is 1. The molecule has 0 aromatic carbocycles. The molecule has 0 saturated heterocycles. The molecule has 0 spiro atoms. The Morgan fingerprint density at radius 2 is 1.67 bits per heavy atom. The van der Waals surface area contributed by atoms with Crippen LogP contribution in [0.15, 0.2) is 0 Å². The Kier molecular flexibility index (Phi) is 5.97. The normalized spacial score (nSPS) is 32.3. The first-order valence-electron chi connectivity index (χ1n) is 8.18. The molecule has 2 fully saturated rings. The van der Waals surface area contributed by atoms with Crippen LogP contribution in [0.3, 0.4) is 0 Å². The van der Waals surface area contributed by atoms with Crippen molar-refractivity contribution in [3.8, 4) is 0 Å². The third-order valence-electron chi connectivity index (χ3n) is 5.14. The summed E-state index contributed by atoms with van der Waals surface area (Å²) in [7, 11) is 0. The van der Waals surface area contributed by atoms with Crippen molar-refractivity contribution < 1.29 is 5.11 Å². The summed E-state index contributed by atoms with van der Waals surface area (Å²) in [5.74, 6) is 1.90. The van der Waals surface area contributed by atoms with E-state index < -0.39 is 0 Å². The average Bonchev–Trinajstić information content (AvgIpc) is 2.40.